The fourth-order valence-electron chi connectivity index (χ4n) is 2.65. The molecule has 0 spiro atoms. The first-order chi connectivity index (χ1) is 9.09. The molecule has 19 heavy (non-hydrogen) atoms. The van der Waals surface area contributed by atoms with E-state index in [1.807, 2.05) is 30.0 Å². The van der Waals surface area contributed by atoms with E-state index in [4.69, 9.17) is 5.73 Å². The molecule has 3 heterocycles. The second kappa shape index (κ2) is 4.24. The van der Waals surface area contributed by atoms with Crippen LogP contribution in [0, 0.1) is 6.92 Å². The molecule has 1 unspecified atom stereocenters. The Morgan fingerprint density at radius 3 is 2.95 bits per heavy atom. The summed E-state index contributed by atoms with van der Waals surface area (Å²) in [5.41, 5.74) is 7.08. The van der Waals surface area contributed by atoms with Gasteiger partial charge in [0.25, 0.3) is 5.91 Å². The Kier molecular flexibility index (Phi) is 2.67. The normalized spacial score (nSPS) is 19.3. The summed E-state index contributed by atoms with van der Waals surface area (Å²) in [6.07, 6.45) is 1.09. The molecule has 0 aliphatic carbocycles. The Labute approximate surface area is 110 Å². The van der Waals surface area contributed by atoms with Crippen molar-refractivity contribution in [2.45, 2.75) is 26.0 Å². The minimum Gasteiger partial charge on any atom is -0.374 e. The number of imidazole rings is 1. The zero-order valence-corrected chi connectivity index (χ0v) is 10.7. The third-order valence-corrected chi connectivity index (χ3v) is 3.55. The lowest BCUT2D eigenvalue weighted by Crippen LogP contribution is -2.29. The first-order valence-corrected chi connectivity index (χ1v) is 6.32. The molecule has 0 radical (unpaired) electrons. The molecule has 100 valence electrons. The average molecular weight is 260 g/mol. The molecule has 1 atom stereocenters. The summed E-state index contributed by atoms with van der Waals surface area (Å²) in [5.74, 6) is 0.272. The number of hydrogen-bond donors (Lipinski definition) is 2. The van der Waals surface area contributed by atoms with E-state index in [2.05, 4.69) is 4.98 Å². The fourth-order valence-corrected chi connectivity index (χ4v) is 2.65. The van der Waals surface area contributed by atoms with Gasteiger partial charge >= 0.3 is 0 Å². The molecule has 6 nitrogen and oxygen atoms in total. The van der Waals surface area contributed by atoms with Crippen LogP contribution < -0.4 is 10.6 Å². The molecule has 3 N–H and O–H groups in total. The van der Waals surface area contributed by atoms with Gasteiger partial charge < -0.3 is 15.7 Å². The second-order valence-corrected chi connectivity index (χ2v) is 4.83. The summed E-state index contributed by atoms with van der Waals surface area (Å²) in [5, 5.41) is 9.98. The Bertz CT molecular complexity index is 649. The van der Waals surface area contributed by atoms with E-state index in [0.29, 0.717) is 5.82 Å². The minimum absolute atomic E-state index is 0.210. The SMILES string of the molecule is Cc1cccc2c(N3CCCC3O)nc(C(N)=O)n12. The number of aliphatic hydroxyl groups excluding tert-OH is 1. The molecule has 1 saturated heterocycles. The molecule has 2 aromatic heterocycles. The topological polar surface area (TPSA) is 83.9 Å². The molecule has 3 rings (SSSR count). The van der Waals surface area contributed by atoms with Gasteiger partial charge in [0.2, 0.25) is 5.82 Å². The van der Waals surface area contributed by atoms with Crippen molar-refractivity contribution in [2.75, 3.05) is 11.4 Å². The molecular formula is C13H16N4O2. The lowest BCUT2D eigenvalue weighted by molar-refractivity contribution is 0.0989. The number of nitrogens with zero attached hydrogens (tertiary/aromatic N) is 3. The van der Waals surface area contributed by atoms with Crippen LogP contribution in [-0.2, 0) is 0 Å². The van der Waals surface area contributed by atoms with Crippen LogP contribution in [0.5, 0.6) is 0 Å². The lowest BCUT2D eigenvalue weighted by Gasteiger charge is -2.20. The quantitative estimate of drug-likeness (QED) is 0.830. The highest BCUT2D eigenvalue weighted by Crippen LogP contribution is 2.29. The number of amides is 1. The maximum Gasteiger partial charge on any atom is 0.285 e. The van der Waals surface area contributed by atoms with Crippen molar-refractivity contribution in [1.29, 1.82) is 0 Å². The van der Waals surface area contributed by atoms with Gasteiger partial charge in [-0.25, -0.2) is 4.98 Å². The monoisotopic (exact) mass is 260 g/mol. The van der Waals surface area contributed by atoms with Gasteiger partial charge in [0, 0.05) is 12.2 Å². The van der Waals surface area contributed by atoms with Gasteiger partial charge in [0.05, 0.1) is 5.52 Å². The van der Waals surface area contributed by atoms with E-state index in [9.17, 15) is 9.90 Å². The molecule has 1 fully saturated rings. The highest BCUT2D eigenvalue weighted by Gasteiger charge is 2.28. The van der Waals surface area contributed by atoms with Crippen molar-refractivity contribution in [1.82, 2.24) is 9.38 Å². The Morgan fingerprint density at radius 1 is 1.53 bits per heavy atom. The van der Waals surface area contributed by atoms with E-state index < -0.39 is 12.1 Å². The molecular weight excluding hydrogens is 244 g/mol. The lowest BCUT2D eigenvalue weighted by atomic mass is 10.3. The van der Waals surface area contributed by atoms with E-state index in [1.165, 1.54) is 0 Å². The zero-order chi connectivity index (χ0) is 13.6. The molecule has 2 aromatic rings. The van der Waals surface area contributed by atoms with Crippen LogP contribution in [0.1, 0.15) is 29.2 Å². The van der Waals surface area contributed by atoms with Gasteiger partial charge in [-0.05, 0) is 31.9 Å². The van der Waals surface area contributed by atoms with Crippen LogP contribution in [0.4, 0.5) is 5.82 Å². The van der Waals surface area contributed by atoms with Crippen LogP contribution in [-0.4, -0.2) is 33.2 Å². The van der Waals surface area contributed by atoms with Crippen molar-refractivity contribution < 1.29 is 9.90 Å². The number of carbonyl (C=O) groups is 1. The number of aromatic nitrogens is 2. The second-order valence-electron chi connectivity index (χ2n) is 4.83. The van der Waals surface area contributed by atoms with Gasteiger partial charge in [-0.2, -0.15) is 0 Å². The number of hydrogen-bond acceptors (Lipinski definition) is 4. The molecule has 1 amide bonds. The molecule has 0 bridgehead atoms. The molecule has 1 aliphatic heterocycles. The number of anilines is 1. The van der Waals surface area contributed by atoms with Gasteiger partial charge in [-0.1, -0.05) is 6.07 Å². The van der Waals surface area contributed by atoms with Crippen molar-refractivity contribution in [3.05, 3.63) is 29.7 Å². The van der Waals surface area contributed by atoms with Crippen molar-refractivity contribution in [3.63, 3.8) is 0 Å². The van der Waals surface area contributed by atoms with Crippen LogP contribution in [0.2, 0.25) is 0 Å². The van der Waals surface area contributed by atoms with Crippen molar-refractivity contribution in [3.8, 4) is 0 Å². The Morgan fingerprint density at radius 2 is 2.32 bits per heavy atom. The summed E-state index contributed by atoms with van der Waals surface area (Å²) in [7, 11) is 0. The number of aliphatic hydroxyl groups is 1. The Hall–Kier alpha value is -2.08. The number of aryl methyl sites for hydroxylation is 1. The van der Waals surface area contributed by atoms with Gasteiger partial charge in [-0.15, -0.1) is 0 Å². The number of nitrogens with two attached hydrogens (primary N) is 1. The van der Waals surface area contributed by atoms with Gasteiger partial charge in [0.1, 0.15) is 6.23 Å². The van der Waals surface area contributed by atoms with Crippen molar-refractivity contribution in [2.24, 2.45) is 5.73 Å². The van der Waals surface area contributed by atoms with Crippen LogP contribution in [0.25, 0.3) is 5.52 Å². The minimum atomic E-state index is -0.566. The van der Waals surface area contributed by atoms with E-state index in [1.54, 1.807) is 4.40 Å². The van der Waals surface area contributed by atoms with E-state index in [0.717, 1.165) is 30.6 Å². The third kappa shape index (κ3) is 1.76. The largest absolute Gasteiger partial charge is 0.374 e. The molecule has 6 heteroatoms. The molecule has 0 saturated carbocycles. The number of rotatable bonds is 2. The first-order valence-electron chi connectivity index (χ1n) is 6.32. The van der Waals surface area contributed by atoms with E-state index in [-0.39, 0.29) is 5.82 Å². The van der Waals surface area contributed by atoms with Crippen LogP contribution in [0.15, 0.2) is 18.2 Å². The predicted octanol–water partition coefficient (Wildman–Crippen LogP) is 0.660. The summed E-state index contributed by atoms with van der Waals surface area (Å²) >= 11 is 0. The van der Waals surface area contributed by atoms with Crippen LogP contribution >= 0.6 is 0 Å². The number of fused-ring (bicyclic) bond motifs is 1. The standard InChI is InChI=1S/C13H16N4O2/c1-8-4-2-5-9-12(16-7-3-6-10(16)18)15-13(11(14)19)17(8)9/h2,4-5,10,18H,3,6-7H2,1H3,(H2,14,19). The maximum absolute atomic E-state index is 11.5. The maximum atomic E-state index is 11.5. The third-order valence-electron chi connectivity index (χ3n) is 3.55. The smallest absolute Gasteiger partial charge is 0.285 e. The summed E-state index contributed by atoms with van der Waals surface area (Å²) < 4.78 is 1.74. The number of primary amides is 1. The summed E-state index contributed by atoms with van der Waals surface area (Å²) in [4.78, 5) is 17.7. The first kappa shape index (κ1) is 12.0. The number of carbonyl (C=O) groups excluding carboxylic acids is 1. The van der Waals surface area contributed by atoms with Gasteiger partial charge in [0.15, 0.2) is 5.82 Å². The Balaban J connectivity index is 2.26. The van der Waals surface area contributed by atoms with Crippen LogP contribution in [0.3, 0.4) is 0 Å². The summed E-state index contributed by atoms with van der Waals surface area (Å²) in [6.45, 7) is 2.63. The van der Waals surface area contributed by atoms with Crippen molar-refractivity contribution >= 4 is 17.2 Å². The molecule has 1 aliphatic rings. The fraction of sp³-hybridized carbons (Fsp3) is 0.385. The predicted molar refractivity (Wildman–Crippen MR) is 71.0 cm³/mol. The summed E-state index contributed by atoms with van der Waals surface area (Å²) in [6, 6.07) is 5.68. The van der Waals surface area contributed by atoms with Gasteiger partial charge in [-0.3, -0.25) is 9.20 Å². The highest BCUT2D eigenvalue weighted by molar-refractivity contribution is 5.92. The zero-order valence-electron chi connectivity index (χ0n) is 10.7. The molecule has 0 aromatic carbocycles. The van der Waals surface area contributed by atoms with E-state index >= 15 is 0 Å². The average Bonchev–Trinajstić information content (AvgIpc) is 2.93. The number of pyridine rings is 1. The highest BCUT2D eigenvalue weighted by atomic mass is 16.3.